The summed E-state index contributed by atoms with van der Waals surface area (Å²) in [6, 6.07) is 0. The molecular formula is C11H18N4O. The fraction of sp³-hybridized carbons (Fsp3) is 0.636. The van der Waals surface area contributed by atoms with E-state index in [2.05, 4.69) is 22.4 Å². The first-order chi connectivity index (χ1) is 7.59. The Balaban J connectivity index is 2.05. The Bertz CT molecular complexity index is 399. The lowest BCUT2D eigenvalue weighted by molar-refractivity contribution is -0.120. The lowest BCUT2D eigenvalue weighted by Crippen LogP contribution is -2.25. The number of aromatic nitrogens is 2. The van der Waals surface area contributed by atoms with E-state index in [0.29, 0.717) is 17.4 Å². The van der Waals surface area contributed by atoms with E-state index in [9.17, 15) is 4.79 Å². The van der Waals surface area contributed by atoms with Gasteiger partial charge in [0.25, 0.3) is 0 Å². The Morgan fingerprint density at radius 1 is 1.56 bits per heavy atom. The molecule has 0 aliphatic heterocycles. The van der Waals surface area contributed by atoms with Crippen LogP contribution in [-0.4, -0.2) is 16.1 Å². The number of nitrogens with two attached hydrogens (primary N) is 1. The molecule has 2 unspecified atom stereocenters. The minimum atomic E-state index is 0.0446. The van der Waals surface area contributed by atoms with Crippen molar-refractivity contribution < 1.29 is 4.79 Å². The van der Waals surface area contributed by atoms with Crippen molar-refractivity contribution in [3.63, 3.8) is 0 Å². The number of carbonyl (C=O) groups is 1. The molecule has 0 saturated heterocycles. The highest BCUT2D eigenvalue weighted by atomic mass is 16.2. The lowest BCUT2D eigenvalue weighted by Gasteiger charge is -2.14. The molecule has 0 bridgehead atoms. The molecule has 1 aliphatic carbocycles. The SMILES string of the molecule is Cc1[nH]nc(NC(=O)C2CCCC2C)c1N. The summed E-state index contributed by atoms with van der Waals surface area (Å²) in [7, 11) is 0. The van der Waals surface area contributed by atoms with Crippen LogP contribution in [0.3, 0.4) is 0 Å². The predicted octanol–water partition coefficient (Wildman–Crippen LogP) is 1.68. The molecule has 4 N–H and O–H groups in total. The highest BCUT2D eigenvalue weighted by molar-refractivity contribution is 5.94. The second-order valence-electron chi connectivity index (χ2n) is 4.61. The number of aromatic amines is 1. The Morgan fingerprint density at radius 3 is 2.81 bits per heavy atom. The summed E-state index contributed by atoms with van der Waals surface area (Å²) in [5.74, 6) is 1.07. The van der Waals surface area contributed by atoms with Crippen molar-refractivity contribution >= 4 is 17.4 Å². The van der Waals surface area contributed by atoms with Crippen molar-refractivity contribution in [3.8, 4) is 0 Å². The molecule has 88 valence electrons. The van der Waals surface area contributed by atoms with E-state index in [1.54, 1.807) is 0 Å². The van der Waals surface area contributed by atoms with Gasteiger partial charge in [-0.15, -0.1) is 0 Å². The summed E-state index contributed by atoms with van der Waals surface area (Å²) < 4.78 is 0. The van der Waals surface area contributed by atoms with Crippen molar-refractivity contribution in [2.24, 2.45) is 11.8 Å². The summed E-state index contributed by atoms with van der Waals surface area (Å²) in [6.07, 6.45) is 3.23. The first-order valence-corrected chi connectivity index (χ1v) is 5.71. The van der Waals surface area contributed by atoms with Gasteiger partial charge in [0.15, 0.2) is 5.82 Å². The van der Waals surface area contributed by atoms with E-state index in [0.717, 1.165) is 25.0 Å². The topological polar surface area (TPSA) is 83.8 Å². The highest BCUT2D eigenvalue weighted by Gasteiger charge is 2.30. The first-order valence-electron chi connectivity index (χ1n) is 5.71. The van der Waals surface area contributed by atoms with Crippen LogP contribution in [0.15, 0.2) is 0 Å². The maximum Gasteiger partial charge on any atom is 0.229 e. The summed E-state index contributed by atoms with van der Waals surface area (Å²) in [5.41, 5.74) is 7.09. The van der Waals surface area contributed by atoms with Crippen LogP contribution in [0, 0.1) is 18.8 Å². The highest BCUT2D eigenvalue weighted by Crippen LogP contribution is 2.32. The minimum absolute atomic E-state index is 0.0446. The fourth-order valence-corrected chi connectivity index (χ4v) is 2.28. The van der Waals surface area contributed by atoms with E-state index in [4.69, 9.17) is 5.73 Å². The van der Waals surface area contributed by atoms with E-state index >= 15 is 0 Å². The third-order valence-electron chi connectivity index (χ3n) is 3.43. The summed E-state index contributed by atoms with van der Waals surface area (Å²) >= 11 is 0. The normalized spacial score (nSPS) is 24.6. The molecule has 1 aromatic heterocycles. The largest absolute Gasteiger partial charge is 0.394 e. The van der Waals surface area contributed by atoms with E-state index in [-0.39, 0.29) is 11.8 Å². The molecule has 1 amide bonds. The van der Waals surface area contributed by atoms with Gasteiger partial charge in [-0.05, 0) is 25.7 Å². The van der Waals surface area contributed by atoms with Crippen molar-refractivity contribution in [1.29, 1.82) is 0 Å². The van der Waals surface area contributed by atoms with Gasteiger partial charge in [-0.3, -0.25) is 9.89 Å². The quantitative estimate of drug-likeness (QED) is 0.711. The zero-order valence-corrected chi connectivity index (χ0v) is 9.71. The average Bonchev–Trinajstić information content (AvgIpc) is 2.79. The molecule has 0 spiro atoms. The number of rotatable bonds is 2. The molecule has 0 aromatic carbocycles. The number of amides is 1. The number of aryl methyl sites for hydroxylation is 1. The van der Waals surface area contributed by atoms with Gasteiger partial charge < -0.3 is 11.1 Å². The van der Waals surface area contributed by atoms with Crippen LogP contribution < -0.4 is 11.1 Å². The molecule has 0 radical (unpaired) electrons. The Hall–Kier alpha value is -1.52. The van der Waals surface area contributed by atoms with Gasteiger partial charge in [0, 0.05) is 5.92 Å². The fourth-order valence-electron chi connectivity index (χ4n) is 2.28. The average molecular weight is 222 g/mol. The van der Waals surface area contributed by atoms with Gasteiger partial charge in [0.2, 0.25) is 5.91 Å². The first kappa shape index (κ1) is 11.0. The maximum absolute atomic E-state index is 12.0. The molecule has 1 fully saturated rings. The monoisotopic (exact) mass is 222 g/mol. The molecule has 5 nitrogen and oxygen atoms in total. The molecule has 2 rings (SSSR count). The number of nitrogen functional groups attached to an aromatic ring is 1. The number of hydrogen-bond donors (Lipinski definition) is 3. The number of anilines is 2. The lowest BCUT2D eigenvalue weighted by atomic mass is 9.97. The summed E-state index contributed by atoms with van der Waals surface area (Å²) in [6.45, 7) is 3.95. The molecule has 5 heteroatoms. The van der Waals surface area contributed by atoms with Crippen LogP contribution >= 0.6 is 0 Å². The minimum Gasteiger partial charge on any atom is -0.394 e. The van der Waals surface area contributed by atoms with Crippen molar-refractivity contribution in [3.05, 3.63) is 5.69 Å². The number of hydrogen-bond acceptors (Lipinski definition) is 3. The maximum atomic E-state index is 12.0. The van der Waals surface area contributed by atoms with Crippen LogP contribution in [0.4, 0.5) is 11.5 Å². The van der Waals surface area contributed by atoms with E-state index < -0.39 is 0 Å². The van der Waals surface area contributed by atoms with Gasteiger partial charge in [-0.25, -0.2) is 0 Å². The Kier molecular flexibility index (Phi) is 2.85. The predicted molar refractivity (Wildman–Crippen MR) is 62.9 cm³/mol. The Labute approximate surface area is 94.8 Å². The van der Waals surface area contributed by atoms with Crippen LogP contribution in [0.2, 0.25) is 0 Å². The van der Waals surface area contributed by atoms with Gasteiger partial charge in [-0.2, -0.15) is 5.10 Å². The van der Waals surface area contributed by atoms with Crippen LogP contribution in [-0.2, 0) is 4.79 Å². The number of nitrogens with one attached hydrogen (secondary N) is 2. The van der Waals surface area contributed by atoms with Gasteiger partial charge in [0.1, 0.15) is 0 Å². The van der Waals surface area contributed by atoms with E-state index in [1.165, 1.54) is 0 Å². The summed E-state index contributed by atoms with van der Waals surface area (Å²) in [5, 5.41) is 9.52. The van der Waals surface area contributed by atoms with E-state index in [1.807, 2.05) is 6.92 Å². The second kappa shape index (κ2) is 4.15. The zero-order chi connectivity index (χ0) is 11.7. The molecule has 1 heterocycles. The van der Waals surface area contributed by atoms with Crippen molar-refractivity contribution in [1.82, 2.24) is 10.2 Å². The molecule has 1 saturated carbocycles. The molecule has 16 heavy (non-hydrogen) atoms. The molecule has 1 aliphatic rings. The van der Waals surface area contributed by atoms with Gasteiger partial charge >= 0.3 is 0 Å². The zero-order valence-electron chi connectivity index (χ0n) is 9.71. The van der Waals surface area contributed by atoms with Crippen molar-refractivity contribution in [2.75, 3.05) is 11.1 Å². The number of nitrogens with zero attached hydrogens (tertiary/aromatic N) is 1. The third kappa shape index (κ3) is 1.89. The standard InChI is InChI=1S/C11H18N4O/c1-6-4-3-5-8(6)11(16)13-10-9(12)7(2)14-15-10/h6,8H,3-5,12H2,1-2H3,(H2,13,14,15,16). The van der Waals surface area contributed by atoms with Gasteiger partial charge in [-0.1, -0.05) is 13.3 Å². The molecule has 1 aromatic rings. The van der Waals surface area contributed by atoms with Crippen LogP contribution in [0.1, 0.15) is 31.9 Å². The number of H-pyrrole nitrogens is 1. The smallest absolute Gasteiger partial charge is 0.229 e. The van der Waals surface area contributed by atoms with Gasteiger partial charge in [0.05, 0.1) is 11.4 Å². The van der Waals surface area contributed by atoms with Crippen molar-refractivity contribution in [2.45, 2.75) is 33.1 Å². The number of carbonyl (C=O) groups excluding carboxylic acids is 1. The van der Waals surface area contributed by atoms with Crippen LogP contribution in [0.5, 0.6) is 0 Å². The van der Waals surface area contributed by atoms with Crippen LogP contribution in [0.25, 0.3) is 0 Å². The second-order valence-corrected chi connectivity index (χ2v) is 4.61. The molecular weight excluding hydrogens is 204 g/mol. The summed E-state index contributed by atoms with van der Waals surface area (Å²) in [4.78, 5) is 12.0. The third-order valence-corrected chi connectivity index (χ3v) is 3.43. The Morgan fingerprint density at radius 2 is 2.31 bits per heavy atom. The molecule has 2 atom stereocenters.